The van der Waals surface area contributed by atoms with Crippen molar-refractivity contribution in [2.24, 2.45) is 5.73 Å². The van der Waals surface area contributed by atoms with E-state index in [2.05, 4.69) is 15.9 Å². The van der Waals surface area contributed by atoms with Crippen LogP contribution >= 0.6 is 0 Å². The molecule has 2 rings (SSSR count). The first-order chi connectivity index (χ1) is 8.70. The molecule has 1 aromatic carbocycles. The normalized spacial score (nSPS) is 16.6. The quantitative estimate of drug-likeness (QED) is 0.609. The zero-order chi connectivity index (χ0) is 13.0. The van der Waals surface area contributed by atoms with Crippen LogP contribution in [-0.4, -0.2) is 50.6 Å². The highest BCUT2D eigenvalue weighted by Gasteiger charge is 2.19. The zero-order valence-electron chi connectivity index (χ0n) is 10.7. The van der Waals surface area contributed by atoms with E-state index in [-0.39, 0.29) is 5.84 Å². The number of piperazine rings is 1. The van der Waals surface area contributed by atoms with E-state index in [1.807, 2.05) is 18.2 Å². The second-order valence-corrected chi connectivity index (χ2v) is 4.46. The standard InChI is InChI=1S/C13H20N4O/c1-18-12-5-3-2-4-11(12)17-8-6-16(7-9-17)10-13(14)15/h2-5H,6-10H2,1H3,(H3,14,15). The van der Waals surface area contributed by atoms with Crippen molar-refractivity contribution in [2.45, 2.75) is 0 Å². The predicted octanol–water partition coefficient (Wildman–Crippen LogP) is 0.753. The van der Waals surface area contributed by atoms with E-state index in [0.717, 1.165) is 37.6 Å². The van der Waals surface area contributed by atoms with E-state index in [1.165, 1.54) is 0 Å². The lowest BCUT2D eigenvalue weighted by molar-refractivity contribution is 0.289. The molecule has 1 saturated heterocycles. The Hall–Kier alpha value is -1.75. The van der Waals surface area contributed by atoms with Gasteiger partial charge in [0.2, 0.25) is 0 Å². The number of nitrogens with zero attached hydrogens (tertiary/aromatic N) is 2. The molecule has 1 aliphatic heterocycles. The lowest BCUT2D eigenvalue weighted by atomic mass is 10.2. The van der Waals surface area contributed by atoms with Gasteiger partial charge in [-0.2, -0.15) is 0 Å². The number of amidine groups is 1. The maximum absolute atomic E-state index is 7.31. The summed E-state index contributed by atoms with van der Waals surface area (Å²) < 4.78 is 5.38. The highest BCUT2D eigenvalue weighted by atomic mass is 16.5. The van der Waals surface area contributed by atoms with Crippen LogP contribution < -0.4 is 15.4 Å². The van der Waals surface area contributed by atoms with Crippen LogP contribution in [0.25, 0.3) is 0 Å². The number of methoxy groups -OCH3 is 1. The second kappa shape index (κ2) is 5.73. The maximum atomic E-state index is 7.31. The molecule has 0 spiro atoms. The predicted molar refractivity (Wildman–Crippen MR) is 73.6 cm³/mol. The molecule has 0 aromatic heterocycles. The Kier molecular flexibility index (Phi) is 4.04. The van der Waals surface area contributed by atoms with Crippen molar-refractivity contribution in [3.05, 3.63) is 24.3 Å². The molecule has 0 bridgehead atoms. The van der Waals surface area contributed by atoms with E-state index in [9.17, 15) is 0 Å². The number of rotatable bonds is 4. The van der Waals surface area contributed by atoms with Crippen molar-refractivity contribution < 1.29 is 4.74 Å². The molecule has 5 heteroatoms. The summed E-state index contributed by atoms with van der Waals surface area (Å²) in [5.74, 6) is 1.15. The monoisotopic (exact) mass is 248 g/mol. The fourth-order valence-electron chi connectivity index (χ4n) is 2.28. The number of hydrogen-bond donors (Lipinski definition) is 2. The van der Waals surface area contributed by atoms with Crippen LogP contribution in [0.5, 0.6) is 5.75 Å². The molecular formula is C13H20N4O. The molecule has 3 N–H and O–H groups in total. The SMILES string of the molecule is COc1ccccc1N1CCN(CC(=N)N)CC1. The average molecular weight is 248 g/mol. The smallest absolute Gasteiger partial charge is 0.142 e. The van der Waals surface area contributed by atoms with Crippen molar-refractivity contribution in [3.63, 3.8) is 0 Å². The van der Waals surface area contributed by atoms with Gasteiger partial charge in [-0.3, -0.25) is 10.3 Å². The minimum absolute atomic E-state index is 0.237. The zero-order valence-corrected chi connectivity index (χ0v) is 10.7. The summed E-state index contributed by atoms with van der Waals surface area (Å²) in [6.45, 7) is 4.30. The molecule has 0 unspecified atom stereocenters. The van der Waals surface area contributed by atoms with Crippen molar-refractivity contribution in [1.82, 2.24) is 4.90 Å². The van der Waals surface area contributed by atoms with E-state index in [0.29, 0.717) is 6.54 Å². The Morgan fingerprint density at radius 1 is 1.28 bits per heavy atom. The van der Waals surface area contributed by atoms with Crippen molar-refractivity contribution >= 4 is 11.5 Å². The first-order valence-corrected chi connectivity index (χ1v) is 6.14. The fraction of sp³-hybridized carbons (Fsp3) is 0.462. The molecule has 1 aliphatic rings. The number of ether oxygens (including phenoxy) is 1. The summed E-state index contributed by atoms with van der Waals surface area (Å²) in [6, 6.07) is 8.07. The summed E-state index contributed by atoms with van der Waals surface area (Å²) in [5.41, 5.74) is 6.56. The van der Waals surface area contributed by atoms with Crippen LogP contribution in [0.15, 0.2) is 24.3 Å². The Balaban J connectivity index is 1.99. The molecule has 0 amide bonds. The van der Waals surface area contributed by atoms with Crippen LogP contribution in [0.3, 0.4) is 0 Å². The van der Waals surface area contributed by atoms with Gasteiger partial charge in [0.15, 0.2) is 0 Å². The average Bonchev–Trinajstić information content (AvgIpc) is 2.39. The van der Waals surface area contributed by atoms with E-state index < -0.39 is 0 Å². The largest absolute Gasteiger partial charge is 0.495 e. The lowest BCUT2D eigenvalue weighted by Gasteiger charge is -2.36. The molecule has 1 aromatic rings. The number of nitrogens with two attached hydrogens (primary N) is 1. The van der Waals surface area contributed by atoms with Gasteiger partial charge >= 0.3 is 0 Å². The minimum atomic E-state index is 0.237. The Morgan fingerprint density at radius 2 is 1.94 bits per heavy atom. The van der Waals surface area contributed by atoms with E-state index in [1.54, 1.807) is 7.11 Å². The summed E-state index contributed by atoms with van der Waals surface area (Å²) in [7, 11) is 1.70. The number of anilines is 1. The molecule has 18 heavy (non-hydrogen) atoms. The van der Waals surface area contributed by atoms with Gasteiger partial charge in [-0.25, -0.2) is 0 Å². The van der Waals surface area contributed by atoms with Crippen LogP contribution in [0.4, 0.5) is 5.69 Å². The van der Waals surface area contributed by atoms with Gasteiger partial charge in [-0.15, -0.1) is 0 Å². The third-order valence-electron chi connectivity index (χ3n) is 3.19. The van der Waals surface area contributed by atoms with Crippen LogP contribution in [-0.2, 0) is 0 Å². The lowest BCUT2D eigenvalue weighted by Crippen LogP contribution is -2.48. The maximum Gasteiger partial charge on any atom is 0.142 e. The van der Waals surface area contributed by atoms with Gasteiger partial charge in [-0.05, 0) is 12.1 Å². The highest BCUT2D eigenvalue weighted by molar-refractivity contribution is 5.79. The van der Waals surface area contributed by atoms with Gasteiger partial charge in [-0.1, -0.05) is 12.1 Å². The molecule has 5 nitrogen and oxygen atoms in total. The second-order valence-electron chi connectivity index (χ2n) is 4.46. The Morgan fingerprint density at radius 3 is 2.56 bits per heavy atom. The molecule has 0 atom stereocenters. The van der Waals surface area contributed by atoms with Crippen LogP contribution in [0.1, 0.15) is 0 Å². The fourth-order valence-corrected chi connectivity index (χ4v) is 2.28. The first-order valence-electron chi connectivity index (χ1n) is 6.14. The summed E-state index contributed by atoms with van der Waals surface area (Å²) in [4.78, 5) is 4.52. The molecule has 0 saturated carbocycles. The molecule has 1 heterocycles. The van der Waals surface area contributed by atoms with Gasteiger partial charge < -0.3 is 15.4 Å². The van der Waals surface area contributed by atoms with Crippen molar-refractivity contribution in [2.75, 3.05) is 44.7 Å². The number of hydrogen-bond acceptors (Lipinski definition) is 4. The third kappa shape index (κ3) is 2.92. The van der Waals surface area contributed by atoms with Crippen molar-refractivity contribution in [3.8, 4) is 5.75 Å². The van der Waals surface area contributed by atoms with Crippen LogP contribution in [0, 0.1) is 5.41 Å². The summed E-state index contributed by atoms with van der Waals surface area (Å²) >= 11 is 0. The Labute approximate surface area is 108 Å². The van der Waals surface area contributed by atoms with Gasteiger partial charge in [0.05, 0.1) is 19.3 Å². The number of benzene rings is 1. The third-order valence-corrected chi connectivity index (χ3v) is 3.19. The van der Waals surface area contributed by atoms with Gasteiger partial charge in [0, 0.05) is 26.2 Å². The minimum Gasteiger partial charge on any atom is -0.495 e. The van der Waals surface area contributed by atoms with E-state index >= 15 is 0 Å². The molecular weight excluding hydrogens is 228 g/mol. The number of para-hydroxylation sites is 2. The van der Waals surface area contributed by atoms with Crippen molar-refractivity contribution in [1.29, 1.82) is 5.41 Å². The molecule has 0 radical (unpaired) electrons. The molecule has 0 aliphatic carbocycles. The van der Waals surface area contributed by atoms with Crippen LogP contribution in [0.2, 0.25) is 0 Å². The molecule has 98 valence electrons. The Bertz CT molecular complexity index is 413. The highest BCUT2D eigenvalue weighted by Crippen LogP contribution is 2.28. The van der Waals surface area contributed by atoms with E-state index in [4.69, 9.17) is 15.9 Å². The topological polar surface area (TPSA) is 65.6 Å². The summed E-state index contributed by atoms with van der Waals surface area (Å²) in [6.07, 6.45) is 0. The first kappa shape index (κ1) is 12.7. The number of nitrogens with one attached hydrogen (secondary N) is 1. The summed E-state index contributed by atoms with van der Waals surface area (Å²) in [5, 5.41) is 7.31. The van der Waals surface area contributed by atoms with Gasteiger partial charge in [0.25, 0.3) is 0 Å². The van der Waals surface area contributed by atoms with Gasteiger partial charge in [0.1, 0.15) is 11.6 Å². The molecule has 1 fully saturated rings.